The van der Waals surface area contributed by atoms with Crippen LogP contribution < -0.4 is 15.4 Å². The van der Waals surface area contributed by atoms with Gasteiger partial charge in [-0.15, -0.1) is 0 Å². The van der Waals surface area contributed by atoms with E-state index in [0.717, 1.165) is 0 Å². The molecular formula is C18H15FN4O2. The molecule has 0 unspecified atom stereocenters. The highest BCUT2D eigenvalue weighted by Gasteiger charge is 2.11. The number of para-hydroxylation sites is 2. The summed E-state index contributed by atoms with van der Waals surface area (Å²) in [5.74, 6) is -0.0211. The zero-order valence-electron chi connectivity index (χ0n) is 13.4. The summed E-state index contributed by atoms with van der Waals surface area (Å²) in [7, 11) is 1.56. The van der Waals surface area contributed by atoms with Crippen LogP contribution in [-0.2, 0) is 0 Å². The van der Waals surface area contributed by atoms with Gasteiger partial charge < -0.3 is 15.4 Å². The van der Waals surface area contributed by atoms with Gasteiger partial charge in [0.1, 0.15) is 17.3 Å². The van der Waals surface area contributed by atoms with Crippen molar-refractivity contribution in [2.75, 3.05) is 17.7 Å². The van der Waals surface area contributed by atoms with E-state index in [0.29, 0.717) is 17.1 Å². The summed E-state index contributed by atoms with van der Waals surface area (Å²) in [6.07, 6.45) is 1.46. The van der Waals surface area contributed by atoms with Crippen LogP contribution in [0.15, 0.2) is 60.8 Å². The summed E-state index contributed by atoms with van der Waals surface area (Å²) in [6.45, 7) is 0. The standard InChI is InChI=1S/C18H15FN4O2/c1-25-16-8-3-2-7-14(16)22-18-20-10-9-15(23-18)17(24)21-13-6-4-5-12(19)11-13/h2-11H,1H3,(H,21,24)(H,20,22,23). The minimum atomic E-state index is -0.462. The third-order valence-corrected chi connectivity index (χ3v) is 3.32. The lowest BCUT2D eigenvalue weighted by molar-refractivity contribution is 0.102. The number of nitrogens with zero attached hydrogens (tertiary/aromatic N) is 2. The number of anilines is 3. The van der Waals surface area contributed by atoms with Gasteiger partial charge in [0.2, 0.25) is 5.95 Å². The minimum Gasteiger partial charge on any atom is -0.495 e. The van der Waals surface area contributed by atoms with E-state index in [-0.39, 0.29) is 11.6 Å². The largest absolute Gasteiger partial charge is 0.495 e. The van der Waals surface area contributed by atoms with Crippen LogP contribution in [0.1, 0.15) is 10.5 Å². The molecule has 0 atom stereocenters. The van der Waals surface area contributed by atoms with Gasteiger partial charge >= 0.3 is 0 Å². The summed E-state index contributed by atoms with van der Waals surface area (Å²) in [4.78, 5) is 20.6. The molecule has 3 rings (SSSR count). The van der Waals surface area contributed by atoms with Crippen molar-refractivity contribution < 1.29 is 13.9 Å². The first kappa shape index (κ1) is 16.4. The van der Waals surface area contributed by atoms with Crippen molar-refractivity contribution in [1.29, 1.82) is 0 Å². The molecule has 0 aliphatic carbocycles. The Kier molecular flexibility index (Phi) is 4.84. The molecule has 1 heterocycles. The van der Waals surface area contributed by atoms with Gasteiger partial charge in [-0.3, -0.25) is 4.79 Å². The lowest BCUT2D eigenvalue weighted by Gasteiger charge is -2.10. The second-order valence-electron chi connectivity index (χ2n) is 5.06. The topological polar surface area (TPSA) is 76.1 Å². The Morgan fingerprint density at radius 3 is 2.76 bits per heavy atom. The van der Waals surface area contributed by atoms with Crippen molar-refractivity contribution in [2.24, 2.45) is 0 Å². The number of amides is 1. The molecule has 3 aromatic rings. The molecule has 0 aliphatic rings. The van der Waals surface area contributed by atoms with Crippen molar-refractivity contribution in [1.82, 2.24) is 9.97 Å². The highest BCUT2D eigenvalue weighted by molar-refractivity contribution is 6.03. The van der Waals surface area contributed by atoms with Crippen LogP contribution >= 0.6 is 0 Å². The van der Waals surface area contributed by atoms with Crippen LogP contribution in [0.25, 0.3) is 0 Å². The number of nitrogens with one attached hydrogen (secondary N) is 2. The van der Waals surface area contributed by atoms with E-state index >= 15 is 0 Å². The Balaban J connectivity index is 1.78. The van der Waals surface area contributed by atoms with E-state index in [1.54, 1.807) is 19.2 Å². The number of hydrogen-bond donors (Lipinski definition) is 2. The predicted octanol–water partition coefficient (Wildman–Crippen LogP) is 3.62. The fourth-order valence-corrected chi connectivity index (χ4v) is 2.18. The van der Waals surface area contributed by atoms with Crippen LogP contribution in [0.5, 0.6) is 5.75 Å². The van der Waals surface area contributed by atoms with Crippen LogP contribution in [0.2, 0.25) is 0 Å². The molecule has 0 saturated carbocycles. The van der Waals surface area contributed by atoms with E-state index in [4.69, 9.17) is 4.74 Å². The third-order valence-electron chi connectivity index (χ3n) is 3.32. The second-order valence-corrected chi connectivity index (χ2v) is 5.06. The average molecular weight is 338 g/mol. The minimum absolute atomic E-state index is 0.150. The van der Waals surface area contributed by atoms with Crippen molar-refractivity contribution in [2.45, 2.75) is 0 Å². The van der Waals surface area contributed by atoms with Crippen molar-refractivity contribution >= 4 is 23.2 Å². The lowest BCUT2D eigenvalue weighted by atomic mass is 10.3. The first-order valence-electron chi connectivity index (χ1n) is 7.46. The summed E-state index contributed by atoms with van der Waals surface area (Å²) in [5, 5.41) is 5.60. The van der Waals surface area contributed by atoms with Crippen molar-refractivity contribution in [3.8, 4) is 5.75 Å². The van der Waals surface area contributed by atoms with Gasteiger partial charge in [0, 0.05) is 11.9 Å². The molecule has 6 nitrogen and oxygen atoms in total. The van der Waals surface area contributed by atoms with E-state index in [2.05, 4.69) is 20.6 Å². The predicted molar refractivity (Wildman–Crippen MR) is 92.7 cm³/mol. The van der Waals surface area contributed by atoms with Crippen molar-refractivity contribution in [3.63, 3.8) is 0 Å². The number of ether oxygens (including phenoxy) is 1. The molecule has 2 N–H and O–H groups in total. The summed E-state index contributed by atoms with van der Waals surface area (Å²) >= 11 is 0. The molecule has 1 aromatic heterocycles. The smallest absolute Gasteiger partial charge is 0.274 e. The van der Waals surface area contributed by atoms with Gasteiger partial charge in [0.25, 0.3) is 5.91 Å². The fourth-order valence-electron chi connectivity index (χ4n) is 2.18. The highest BCUT2D eigenvalue weighted by Crippen LogP contribution is 2.25. The Labute approximate surface area is 143 Å². The molecule has 0 saturated heterocycles. The molecular weight excluding hydrogens is 323 g/mol. The maximum absolute atomic E-state index is 13.2. The Hall–Kier alpha value is -3.48. The molecule has 0 bridgehead atoms. The molecule has 0 spiro atoms. The first-order chi connectivity index (χ1) is 12.2. The van der Waals surface area contributed by atoms with Crippen LogP contribution in [0.4, 0.5) is 21.7 Å². The van der Waals surface area contributed by atoms with Gasteiger partial charge in [-0.25, -0.2) is 14.4 Å². The normalized spacial score (nSPS) is 10.2. The Morgan fingerprint density at radius 1 is 1.12 bits per heavy atom. The van der Waals surface area contributed by atoms with Gasteiger partial charge in [-0.2, -0.15) is 0 Å². The van der Waals surface area contributed by atoms with Crippen LogP contribution in [0, 0.1) is 5.82 Å². The first-order valence-corrected chi connectivity index (χ1v) is 7.46. The maximum Gasteiger partial charge on any atom is 0.274 e. The molecule has 0 fully saturated rings. The monoisotopic (exact) mass is 338 g/mol. The molecule has 126 valence electrons. The zero-order chi connectivity index (χ0) is 17.6. The maximum atomic E-state index is 13.2. The van der Waals surface area contributed by atoms with Gasteiger partial charge in [0.05, 0.1) is 12.8 Å². The van der Waals surface area contributed by atoms with Crippen molar-refractivity contribution in [3.05, 3.63) is 72.3 Å². The van der Waals surface area contributed by atoms with Gasteiger partial charge in [0.15, 0.2) is 0 Å². The zero-order valence-corrected chi connectivity index (χ0v) is 13.4. The number of benzene rings is 2. The molecule has 0 aliphatic heterocycles. The number of aromatic nitrogens is 2. The summed E-state index contributed by atoms with van der Waals surface area (Å²) in [6, 6.07) is 14.4. The number of rotatable bonds is 5. The summed E-state index contributed by atoms with van der Waals surface area (Å²) < 4.78 is 18.5. The average Bonchev–Trinajstić information content (AvgIpc) is 2.62. The second kappa shape index (κ2) is 7.39. The molecule has 1 amide bonds. The van der Waals surface area contributed by atoms with E-state index in [1.807, 2.05) is 18.2 Å². The SMILES string of the molecule is COc1ccccc1Nc1nccc(C(=O)Nc2cccc(F)c2)n1. The third kappa shape index (κ3) is 4.08. The number of methoxy groups -OCH3 is 1. The Morgan fingerprint density at radius 2 is 1.96 bits per heavy atom. The van der Waals surface area contributed by atoms with E-state index in [1.165, 1.54) is 30.5 Å². The molecule has 7 heteroatoms. The Bertz CT molecular complexity index is 902. The number of carbonyl (C=O) groups excluding carboxylic acids is 1. The number of halogens is 1. The molecule has 25 heavy (non-hydrogen) atoms. The number of hydrogen-bond acceptors (Lipinski definition) is 5. The van der Waals surface area contributed by atoms with E-state index in [9.17, 15) is 9.18 Å². The van der Waals surface area contributed by atoms with Crippen LogP contribution in [0.3, 0.4) is 0 Å². The van der Waals surface area contributed by atoms with E-state index < -0.39 is 11.7 Å². The molecule has 0 radical (unpaired) electrons. The molecule has 2 aromatic carbocycles. The summed E-state index contributed by atoms with van der Waals surface area (Å²) in [5.41, 5.74) is 1.17. The fraction of sp³-hybridized carbons (Fsp3) is 0.0556. The van der Waals surface area contributed by atoms with Gasteiger partial charge in [-0.05, 0) is 36.4 Å². The van der Waals surface area contributed by atoms with Gasteiger partial charge in [-0.1, -0.05) is 18.2 Å². The van der Waals surface area contributed by atoms with Crippen LogP contribution in [-0.4, -0.2) is 23.0 Å². The lowest BCUT2D eigenvalue weighted by Crippen LogP contribution is -2.15. The quantitative estimate of drug-likeness (QED) is 0.743. The number of carbonyl (C=O) groups is 1. The highest BCUT2D eigenvalue weighted by atomic mass is 19.1.